The quantitative estimate of drug-likeness (QED) is 0.485. The highest BCUT2D eigenvalue weighted by Crippen LogP contribution is 2.45. The maximum absolute atomic E-state index is 15.9. The molecule has 1 aromatic heterocycles. The van der Waals surface area contributed by atoms with Crippen molar-refractivity contribution >= 4 is 5.57 Å². The normalized spacial score (nSPS) is 33.0. The standard InChI is InChI=1S/C28H38FN5O2/c1-2-17-14-19(35)5-6-21(17)22-7-8-23-26(25(22)29)32-33-27(23)28-30-15-24(31-28)18-9-11-34(12-10-18)16-20-4-3-13-36-20/h5-6,9,14-15,20,22-23,25-27,32-33,35H,2-4,7-8,10-13,16H2,1H3,(H,30,31). The average molecular weight is 496 g/mol. The van der Waals surface area contributed by atoms with Gasteiger partial charge in [-0.2, -0.15) is 0 Å². The number of aromatic amines is 1. The molecule has 0 radical (unpaired) electrons. The zero-order chi connectivity index (χ0) is 24.6. The topological polar surface area (TPSA) is 85.4 Å². The Bertz CT molecular complexity index is 1100. The first-order chi connectivity index (χ1) is 17.6. The third-order valence-corrected chi connectivity index (χ3v) is 8.76. The van der Waals surface area contributed by atoms with E-state index < -0.39 is 6.17 Å². The fourth-order valence-corrected chi connectivity index (χ4v) is 6.76. The fourth-order valence-electron chi connectivity index (χ4n) is 6.76. The van der Waals surface area contributed by atoms with Crippen LogP contribution in [0.15, 0.2) is 30.5 Å². The van der Waals surface area contributed by atoms with Crippen LogP contribution in [0.1, 0.15) is 73.6 Å². The van der Waals surface area contributed by atoms with Gasteiger partial charge < -0.3 is 14.8 Å². The second-order valence-corrected chi connectivity index (χ2v) is 10.9. The second-order valence-electron chi connectivity index (χ2n) is 10.9. The van der Waals surface area contributed by atoms with Crippen LogP contribution in [0.4, 0.5) is 4.39 Å². The lowest BCUT2D eigenvalue weighted by molar-refractivity contribution is 0.0766. The van der Waals surface area contributed by atoms with E-state index in [2.05, 4.69) is 33.7 Å². The van der Waals surface area contributed by atoms with E-state index in [9.17, 15) is 5.11 Å². The molecule has 0 bridgehead atoms. The van der Waals surface area contributed by atoms with E-state index in [1.807, 2.05) is 12.3 Å². The van der Waals surface area contributed by atoms with Crippen molar-refractivity contribution in [2.24, 2.45) is 5.92 Å². The number of H-pyrrole nitrogens is 1. The molecule has 4 heterocycles. The van der Waals surface area contributed by atoms with Crippen LogP contribution in [-0.2, 0) is 11.2 Å². The monoisotopic (exact) mass is 495 g/mol. The molecule has 8 heteroatoms. The zero-order valence-electron chi connectivity index (χ0n) is 21.0. The van der Waals surface area contributed by atoms with Crippen LogP contribution in [0.2, 0.25) is 0 Å². The maximum Gasteiger partial charge on any atom is 0.125 e. The summed E-state index contributed by atoms with van der Waals surface area (Å²) in [5, 5.41) is 9.87. The van der Waals surface area contributed by atoms with E-state index in [0.29, 0.717) is 6.10 Å². The average Bonchev–Trinajstić information content (AvgIpc) is 3.66. The van der Waals surface area contributed by atoms with Gasteiger partial charge in [-0.15, -0.1) is 0 Å². The zero-order valence-corrected chi connectivity index (χ0v) is 21.0. The Kier molecular flexibility index (Phi) is 6.86. The summed E-state index contributed by atoms with van der Waals surface area (Å²) in [6.45, 7) is 5.96. The number of hydrogen-bond donors (Lipinski definition) is 4. The van der Waals surface area contributed by atoms with Gasteiger partial charge in [0.05, 0.1) is 30.1 Å². The van der Waals surface area contributed by atoms with Gasteiger partial charge in [-0.1, -0.05) is 19.1 Å². The van der Waals surface area contributed by atoms with Gasteiger partial charge in [-0.3, -0.25) is 10.3 Å². The van der Waals surface area contributed by atoms with E-state index in [4.69, 9.17) is 9.72 Å². The smallest absolute Gasteiger partial charge is 0.125 e. The van der Waals surface area contributed by atoms with Crippen molar-refractivity contribution in [2.45, 2.75) is 75.7 Å². The molecule has 0 spiro atoms. The largest absolute Gasteiger partial charge is 0.508 e. The molecule has 6 atom stereocenters. The summed E-state index contributed by atoms with van der Waals surface area (Å²) in [6.07, 6.45) is 9.49. The van der Waals surface area contributed by atoms with Crippen molar-refractivity contribution in [2.75, 3.05) is 26.2 Å². The lowest BCUT2D eigenvalue weighted by Crippen LogP contribution is -2.45. The van der Waals surface area contributed by atoms with E-state index >= 15 is 4.39 Å². The Balaban J connectivity index is 1.11. The second kappa shape index (κ2) is 10.2. The van der Waals surface area contributed by atoms with Gasteiger partial charge in [0.25, 0.3) is 0 Å². The van der Waals surface area contributed by atoms with E-state index in [-0.39, 0.29) is 29.7 Å². The highest BCUT2D eigenvalue weighted by Gasteiger charge is 2.48. The molecular weight excluding hydrogens is 457 g/mol. The minimum absolute atomic E-state index is 0.0337. The summed E-state index contributed by atoms with van der Waals surface area (Å²) in [6, 6.07) is 5.07. The molecule has 36 heavy (non-hydrogen) atoms. The number of fused-ring (bicyclic) bond motifs is 1. The number of nitrogens with one attached hydrogen (secondary N) is 3. The number of aryl methyl sites for hydroxylation is 1. The van der Waals surface area contributed by atoms with Crippen LogP contribution in [-0.4, -0.2) is 64.5 Å². The number of phenolic OH excluding ortho intramolecular Hbond substituents is 1. The third-order valence-electron chi connectivity index (χ3n) is 8.76. The minimum Gasteiger partial charge on any atom is -0.508 e. The van der Waals surface area contributed by atoms with Crippen molar-refractivity contribution in [1.29, 1.82) is 0 Å². The third kappa shape index (κ3) is 4.60. The molecule has 4 N–H and O–H groups in total. The summed E-state index contributed by atoms with van der Waals surface area (Å²) in [7, 11) is 0. The van der Waals surface area contributed by atoms with E-state index in [1.54, 1.807) is 12.1 Å². The van der Waals surface area contributed by atoms with Crippen molar-refractivity contribution in [3.8, 4) is 5.75 Å². The first-order valence-corrected chi connectivity index (χ1v) is 13.7. The Hall–Kier alpha value is -2.26. The number of aromatic hydroxyl groups is 1. The summed E-state index contributed by atoms with van der Waals surface area (Å²) in [5.41, 5.74) is 11.1. The fraction of sp³-hybridized carbons (Fsp3) is 0.607. The van der Waals surface area contributed by atoms with Crippen LogP contribution < -0.4 is 10.9 Å². The molecule has 6 rings (SSSR count). The molecule has 2 aromatic rings. The Morgan fingerprint density at radius 3 is 2.92 bits per heavy atom. The molecule has 0 amide bonds. The van der Waals surface area contributed by atoms with Crippen LogP contribution in [0.3, 0.4) is 0 Å². The van der Waals surface area contributed by atoms with Gasteiger partial charge in [0.15, 0.2) is 0 Å². The Morgan fingerprint density at radius 1 is 1.22 bits per heavy atom. The van der Waals surface area contributed by atoms with Gasteiger partial charge >= 0.3 is 0 Å². The predicted octanol–water partition coefficient (Wildman–Crippen LogP) is 4.00. The summed E-state index contributed by atoms with van der Waals surface area (Å²) in [4.78, 5) is 10.7. The summed E-state index contributed by atoms with van der Waals surface area (Å²) < 4.78 is 21.7. The van der Waals surface area contributed by atoms with Gasteiger partial charge in [-0.25, -0.2) is 14.8 Å². The molecule has 3 fully saturated rings. The van der Waals surface area contributed by atoms with Crippen LogP contribution in [0, 0.1) is 5.92 Å². The number of hydrogen-bond acceptors (Lipinski definition) is 6. The molecule has 194 valence electrons. The highest BCUT2D eigenvalue weighted by atomic mass is 19.1. The van der Waals surface area contributed by atoms with Crippen LogP contribution >= 0.6 is 0 Å². The van der Waals surface area contributed by atoms with E-state index in [1.165, 1.54) is 18.4 Å². The number of alkyl halides is 1. The number of hydrazine groups is 1. The van der Waals surface area contributed by atoms with Gasteiger partial charge in [0.2, 0.25) is 0 Å². The number of aromatic nitrogens is 2. The number of imidazole rings is 1. The Labute approximate surface area is 212 Å². The van der Waals surface area contributed by atoms with E-state index in [0.717, 1.165) is 74.6 Å². The number of nitrogens with zero attached hydrogens (tertiary/aromatic N) is 2. The molecule has 6 unspecified atom stereocenters. The molecule has 1 saturated carbocycles. The first-order valence-electron chi connectivity index (χ1n) is 13.7. The molecule has 1 aliphatic carbocycles. The molecular formula is C28H38FN5O2. The van der Waals surface area contributed by atoms with Gasteiger partial charge in [-0.05, 0) is 67.4 Å². The maximum atomic E-state index is 15.9. The Morgan fingerprint density at radius 2 is 2.14 bits per heavy atom. The first kappa shape index (κ1) is 24.1. The molecule has 2 saturated heterocycles. The molecule has 1 aromatic carbocycles. The molecule has 7 nitrogen and oxygen atoms in total. The SMILES string of the molecule is CCc1cc(O)ccc1C1CCC2C(c3ncc(C4=CCN(CC5CCCO5)CC4)[nH]3)NNC2C1F. The minimum atomic E-state index is -0.999. The number of rotatable bonds is 6. The number of ether oxygens (including phenoxy) is 1. The lowest BCUT2D eigenvalue weighted by Gasteiger charge is -2.36. The van der Waals surface area contributed by atoms with Crippen molar-refractivity contribution in [1.82, 2.24) is 25.7 Å². The molecule has 4 aliphatic rings. The lowest BCUT2D eigenvalue weighted by atomic mass is 9.71. The molecule has 3 aliphatic heterocycles. The number of benzene rings is 1. The predicted molar refractivity (Wildman–Crippen MR) is 137 cm³/mol. The summed E-state index contributed by atoms with van der Waals surface area (Å²) >= 11 is 0. The highest BCUT2D eigenvalue weighted by molar-refractivity contribution is 5.63. The van der Waals surface area contributed by atoms with Crippen LogP contribution in [0.5, 0.6) is 5.75 Å². The van der Waals surface area contributed by atoms with Crippen molar-refractivity contribution < 1.29 is 14.2 Å². The number of phenols is 1. The van der Waals surface area contributed by atoms with Crippen molar-refractivity contribution in [3.05, 3.63) is 53.1 Å². The van der Waals surface area contributed by atoms with Gasteiger partial charge in [0.1, 0.15) is 17.7 Å². The van der Waals surface area contributed by atoms with Gasteiger partial charge in [0, 0.05) is 38.1 Å². The summed E-state index contributed by atoms with van der Waals surface area (Å²) in [5.74, 6) is 1.11. The number of halogens is 1. The van der Waals surface area contributed by atoms with Crippen molar-refractivity contribution in [3.63, 3.8) is 0 Å². The van der Waals surface area contributed by atoms with Crippen LogP contribution in [0.25, 0.3) is 5.57 Å².